The highest BCUT2D eigenvalue weighted by molar-refractivity contribution is 7.12. The van der Waals surface area contributed by atoms with E-state index in [1.54, 1.807) is 11.3 Å². The fourth-order valence-corrected chi connectivity index (χ4v) is 4.34. The normalized spacial score (nSPS) is 24.0. The van der Waals surface area contributed by atoms with Gasteiger partial charge < -0.3 is 5.11 Å². The quantitative estimate of drug-likeness (QED) is 0.867. The van der Waals surface area contributed by atoms with Gasteiger partial charge in [0.25, 0.3) is 0 Å². The summed E-state index contributed by atoms with van der Waals surface area (Å²) in [6.45, 7) is 6.04. The van der Waals surface area contributed by atoms with Crippen LogP contribution in [0.15, 0.2) is 12.1 Å². The predicted octanol–water partition coefficient (Wildman–Crippen LogP) is 2.15. The summed E-state index contributed by atoms with van der Waals surface area (Å²) in [5, 5.41) is 8.74. The Bertz CT molecular complexity index is 510. The van der Waals surface area contributed by atoms with Gasteiger partial charge >= 0.3 is 0 Å². The van der Waals surface area contributed by atoms with Crippen LogP contribution in [0, 0.1) is 11.8 Å². The van der Waals surface area contributed by atoms with E-state index in [0.717, 1.165) is 17.5 Å². The van der Waals surface area contributed by atoms with Crippen molar-refractivity contribution in [3.05, 3.63) is 21.9 Å². The molecule has 0 bridgehead atoms. The van der Waals surface area contributed by atoms with Gasteiger partial charge in [-0.3, -0.25) is 9.80 Å². The van der Waals surface area contributed by atoms with E-state index >= 15 is 0 Å². The molecule has 1 N–H and O–H groups in total. The summed E-state index contributed by atoms with van der Waals surface area (Å²) in [6.07, 6.45) is 5.50. The third-order valence-electron chi connectivity index (χ3n) is 4.49. The molecule has 0 saturated carbocycles. The van der Waals surface area contributed by atoms with Crippen LogP contribution in [0.2, 0.25) is 0 Å². The summed E-state index contributed by atoms with van der Waals surface area (Å²) in [6, 6.07) is 5.03. The van der Waals surface area contributed by atoms with E-state index < -0.39 is 0 Å². The van der Waals surface area contributed by atoms with Crippen molar-refractivity contribution in [2.45, 2.75) is 38.3 Å². The van der Waals surface area contributed by atoms with E-state index in [1.165, 1.54) is 56.7 Å². The molecule has 0 spiro atoms. The first-order chi connectivity index (χ1) is 10.3. The highest BCUT2D eigenvalue weighted by atomic mass is 32.1. The molecular weight excluding hydrogens is 280 g/mol. The third-order valence-corrected chi connectivity index (χ3v) is 5.47. The SMILES string of the molecule is OCC#Cc1ccc(CN2CCC(N3CCCCC3)C2)s1. The van der Waals surface area contributed by atoms with Gasteiger partial charge in [0.15, 0.2) is 0 Å². The average Bonchev–Trinajstić information content (AvgIpc) is 3.16. The molecule has 0 aromatic carbocycles. The molecule has 3 nitrogen and oxygen atoms in total. The number of rotatable bonds is 3. The van der Waals surface area contributed by atoms with Crippen LogP contribution < -0.4 is 0 Å². The van der Waals surface area contributed by atoms with E-state index in [4.69, 9.17) is 5.11 Å². The molecule has 2 fully saturated rings. The van der Waals surface area contributed by atoms with E-state index in [9.17, 15) is 0 Å². The molecule has 0 radical (unpaired) electrons. The number of thiophene rings is 1. The fraction of sp³-hybridized carbons (Fsp3) is 0.647. The first-order valence-electron chi connectivity index (χ1n) is 8.00. The first kappa shape index (κ1) is 15.1. The van der Waals surface area contributed by atoms with Crippen LogP contribution in [0.1, 0.15) is 35.4 Å². The number of nitrogens with zero attached hydrogens (tertiary/aromatic N) is 2. The molecule has 0 amide bonds. The van der Waals surface area contributed by atoms with Crippen LogP contribution in [0.4, 0.5) is 0 Å². The van der Waals surface area contributed by atoms with Crippen molar-refractivity contribution in [2.24, 2.45) is 0 Å². The second-order valence-corrected chi connectivity index (χ2v) is 7.17. The Hall–Kier alpha value is -0.860. The maximum atomic E-state index is 8.74. The van der Waals surface area contributed by atoms with Crippen LogP contribution in [0.25, 0.3) is 0 Å². The van der Waals surface area contributed by atoms with Crippen LogP contribution in [0.5, 0.6) is 0 Å². The van der Waals surface area contributed by atoms with Crippen molar-refractivity contribution in [2.75, 3.05) is 32.8 Å². The molecule has 1 atom stereocenters. The number of piperidine rings is 1. The molecule has 3 heterocycles. The molecule has 2 saturated heterocycles. The van der Waals surface area contributed by atoms with Crippen LogP contribution in [0.3, 0.4) is 0 Å². The lowest BCUT2D eigenvalue weighted by Crippen LogP contribution is -2.40. The van der Waals surface area contributed by atoms with Crippen molar-refractivity contribution in [3.63, 3.8) is 0 Å². The Morgan fingerprint density at radius 1 is 1.19 bits per heavy atom. The predicted molar refractivity (Wildman–Crippen MR) is 87.4 cm³/mol. The number of hydrogen-bond donors (Lipinski definition) is 1. The molecule has 1 unspecified atom stereocenters. The first-order valence-corrected chi connectivity index (χ1v) is 8.81. The molecule has 0 aliphatic carbocycles. The zero-order valence-electron chi connectivity index (χ0n) is 12.6. The van der Waals surface area contributed by atoms with Crippen LogP contribution in [-0.4, -0.2) is 53.7 Å². The summed E-state index contributed by atoms with van der Waals surface area (Å²) in [7, 11) is 0. The number of hydrogen-bond acceptors (Lipinski definition) is 4. The van der Waals surface area contributed by atoms with Gasteiger partial charge in [0, 0.05) is 30.6 Å². The minimum atomic E-state index is -0.0587. The highest BCUT2D eigenvalue weighted by Gasteiger charge is 2.28. The van der Waals surface area contributed by atoms with Gasteiger partial charge in [-0.1, -0.05) is 18.3 Å². The number of likely N-dealkylation sites (tertiary alicyclic amines) is 2. The van der Waals surface area contributed by atoms with Crippen LogP contribution >= 0.6 is 11.3 Å². The molecule has 1 aromatic rings. The van der Waals surface area contributed by atoms with Crippen molar-refractivity contribution >= 4 is 11.3 Å². The standard InChI is InChI=1S/C17H24N2OS/c20-12-4-5-16-6-7-17(21-16)14-18-11-8-15(13-18)19-9-2-1-3-10-19/h6-7,15,20H,1-3,8-14H2. The molecule has 114 valence electrons. The highest BCUT2D eigenvalue weighted by Crippen LogP contribution is 2.23. The lowest BCUT2D eigenvalue weighted by atomic mass is 10.1. The molecule has 4 heteroatoms. The maximum Gasteiger partial charge on any atom is 0.104 e. The summed E-state index contributed by atoms with van der Waals surface area (Å²) in [4.78, 5) is 7.73. The van der Waals surface area contributed by atoms with E-state index in [1.807, 2.05) is 0 Å². The summed E-state index contributed by atoms with van der Waals surface area (Å²) in [5.74, 6) is 5.71. The van der Waals surface area contributed by atoms with Gasteiger partial charge in [-0.05, 0) is 44.5 Å². The minimum absolute atomic E-state index is 0.0587. The van der Waals surface area contributed by atoms with Crippen molar-refractivity contribution < 1.29 is 5.11 Å². The topological polar surface area (TPSA) is 26.7 Å². The molecule has 1 aromatic heterocycles. The number of aliphatic hydroxyl groups excluding tert-OH is 1. The second-order valence-electron chi connectivity index (χ2n) is 6.00. The molecule has 21 heavy (non-hydrogen) atoms. The van der Waals surface area contributed by atoms with E-state index in [-0.39, 0.29) is 6.61 Å². The van der Waals surface area contributed by atoms with Gasteiger partial charge in [0.1, 0.15) is 6.61 Å². The largest absolute Gasteiger partial charge is 0.384 e. The van der Waals surface area contributed by atoms with E-state index in [2.05, 4.69) is 33.8 Å². The third kappa shape index (κ3) is 4.08. The van der Waals surface area contributed by atoms with Gasteiger partial charge in [0.05, 0.1) is 4.88 Å². The van der Waals surface area contributed by atoms with Gasteiger partial charge in [0.2, 0.25) is 0 Å². The Kier molecular flexibility index (Phi) is 5.32. The lowest BCUT2D eigenvalue weighted by molar-refractivity contribution is 0.161. The molecular formula is C17H24N2OS. The second kappa shape index (κ2) is 7.42. The molecule has 3 rings (SSSR count). The summed E-state index contributed by atoms with van der Waals surface area (Å²) >= 11 is 1.76. The van der Waals surface area contributed by atoms with Crippen molar-refractivity contribution in [1.29, 1.82) is 0 Å². The zero-order chi connectivity index (χ0) is 14.5. The Morgan fingerprint density at radius 3 is 2.86 bits per heavy atom. The zero-order valence-corrected chi connectivity index (χ0v) is 13.4. The minimum Gasteiger partial charge on any atom is -0.384 e. The maximum absolute atomic E-state index is 8.74. The molecule has 2 aliphatic heterocycles. The Balaban J connectivity index is 1.51. The number of aliphatic hydroxyl groups is 1. The Labute approximate surface area is 131 Å². The van der Waals surface area contributed by atoms with Crippen LogP contribution in [-0.2, 0) is 6.54 Å². The monoisotopic (exact) mass is 304 g/mol. The van der Waals surface area contributed by atoms with Crippen molar-refractivity contribution in [1.82, 2.24) is 9.80 Å². The van der Waals surface area contributed by atoms with Gasteiger partial charge in [-0.15, -0.1) is 11.3 Å². The van der Waals surface area contributed by atoms with E-state index in [0.29, 0.717) is 0 Å². The average molecular weight is 304 g/mol. The lowest BCUT2D eigenvalue weighted by Gasteiger charge is -2.32. The van der Waals surface area contributed by atoms with Gasteiger partial charge in [-0.2, -0.15) is 0 Å². The summed E-state index contributed by atoms with van der Waals surface area (Å²) in [5.41, 5.74) is 0. The van der Waals surface area contributed by atoms with Gasteiger partial charge in [-0.25, -0.2) is 0 Å². The smallest absolute Gasteiger partial charge is 0.104 e. The molecule has 2 aliphatic rings. The Morgan fingerprint density at radius 2 is 2.05 bits per heavy atom. The van der Waals surface area contributed by atoms with Crippen molar-refractivity contribution in [3.8, 4) is 11.8 Å². The fourth-order valence-electron chi connectivity index (χ4n) is 3.41. The summed E-state index contributed by atoms with van der Waals surface area (Å²) < 4.78 is 0.